The number of thiocarbonyl (C=S) groups is 1. The Morgan fingerprint density at radius 3 is 2.37 bits per heavy atom. The number of rotatable bonds is 5. The summed E-state index contributed by atoms with van der Waals surface area (Å²) in [5, 5.41) is 8.31. The van der Waals surface area contributed by atoms with E-state index in [9.17, 15) is 0 Å². The van der Waals surface area contributed by atoms with Crippen molar-refractivity contribution < 1.29 is 4.74 Å². The molecule has 0 bridgehead atoms. The lowest BCUT2D eigenvalue weighted by Gasteiger charge is -2.22. The third kappa shape index (κ3) is 4.26. The van der Waals surface area contributed by atoms with Crippen LogP contribution < -0.4 is 15.4 Å². The standard InChI is InChI=1S/C25H23N3OS/c1-17-10-12-19(13-11-17)23(18-7-4-3-5-8-18)28-25(30)27-21-14-15-22(29-2)24-20(21)9-6-16-26-24/h3-16,23H,1-2H3,(H2,27,28,30)/t23-/m0/s1. The van der Waals surface area contributed by atoms with Crippen LogP contribution in [0.25, 0.3) is 10.9 Å². The van der Waals surface area contributed by atoms with E-state index < -0.39 is 0 Å². The first-order chi connectivity index (χ1) is 14.7. The molecule has 0 spiro atoms. The van der Waals surface area contributed by atoms with Crippen LogP contribution in [-0.4, -0.2) is 17.2 Å². The minimum atomic E-state index is -0.0607. The van der Waals surface area contributed by atoms with E-state index in [0.29, 0.717) is 5.11 Å². The summed E-state index contributed by atoms with van der Waals surface area (Å²) in [4.78, 5) is 4.46. The molecule has 2 N–H and O–H groups in total. The Bertz CT molecular complexity index is 1160. The molecule has 4 aromatic rings. The van der Waals surface area contributed by atoms with Gasteiger partial charge in [0.2, 0.25) is 0 Å². The topological polar surface area (TPSA) is 46.2 Å². The Morgan fingerprint density at radius 2 is 1.63 bits per heavy atom. The SMILES string of the molecule is COc1ccc(NC(=S)N[C@@H](c2ccccc2)c2ccc(C)cc2)c2cccnc12. The van der Waals surface area contributed by atoms with Crippen LogP contribution in [-0.2, 0) is 0 Å². The lowest BCUT2D eigenvalue weighted by Crippen LogP contribution is -2.33. The third-order valence-electron chi connectivity index (χ3n) is 5.02. The largest absolute Gasteiger partial charge is 0.494 e. The molecule has 0 saturated carbocycles. The van der Waals surface area contributed by atoms with Gasteiger partial charge in [0.1, 0.15) is 11.3 Å². The van der Waals surface area contributed by atoms with Crippen molar-refractivity contribution in [3.05, 3.63) is 102 Å². The Morgan fingerprint density at radius 1 is 0.900 bits per heavy atom. The second-order valence-corrected chi connectivity index (χ2v) is 7.48. The van der Waals surface area contributed by atoms with Gasteiger partial charge in [-0.15, -0.1) is 0 Å². The number of aryl methyl sites for hydroxylation is 1. The van der Waals surface area contributed by atoms with Gasteiger partial charge in [-0.25, -0.2) is 0 Å². The Kier molecular flexibility index (Phi) is 5.91. The van der Waals surface area contributed by atoms with Crippen LogP contribution >= 0.6 is 12.2 Å². The summed E-state index contributed by atoms with van der Waals surface area (Å²) in [7, 11) is 1.65. The van der Waals surface area contributed by atoms with Gasteiger partial charge >= 0.3 is 0 Å². The summed E-state index contributed by atoms with van der Waals surface area (Å²) in [5.41, 5.74) is 5.20. The highest BCUT2D eigenvalue weighted by molar-refractivity contribution is 7.80. The highest BCUT2D eigenvalue weighted by Gasteiger charge is 2.16. The van der Waals surface area contributed by atoms with Gasteiger partial charge in [0.05, 0.1) is 13.2 Å². The van der Waals surface area contributed by atoms with Crippen molar-refractivity contribution in [1.82, 2.24) is 10.3 Å². The van der Waals surface area contributed by atoms with Crippen molar-refractivity contribution in [3.63, 3.8) is 0 Å². The second kappa shape index (κ2) is 8.93. The van der Waals surface area contributed by atoms with Crippen LogP contribution in [0.2, 0.25) is 0 Å². The number of anilines is 1. The van der Waals surface area contributed by atoms with Gasteiger partial charge in [-0.05, 0) is 54.5 Å². The number of hydrogen-bond donors (Lipinski definition) is 2. The Labute approximate surface area is 181 Å². The zero-order valence-corrected chi connectivity index (χ0v) is 17.7. The second-order valence-electron chi connectivity index (χ2n) is 7.07. The molecule has 4 nitrogen and oxygen atoms in total. The number of fused-ring (bicyclic) bond motifs is 1. The molecule has 3 aromatic carbocycles. The first-order valence-electron chi connectivity index (χ1n) is 9.76. The minimum Gasteiger partial charge on any atom is -0.494 e. The quantitative estimate of drug-likeness (QED) is 0.415. The molecule has 0 aliphatic carbocycles. The van der Waals surface area contributed by atoms with E-state index in [1.165, 1.54) is 5.56 Å². The molecule has 1 aromatic heterocycles. The number of ether oxygens (including phenoxy) is 1. The summed E-state index contributed by atoms with van der Waals surface area (Å²) < 4.78 is 5.44. The van der Waals surface area contributed by atoms with Crippen molar-refractivity contribution in [1.29, 1.82) is 0 Å². The molecule has 0 saturated heterocycles. The highest BCUT2D eigenvalue weighted by Crippen LogP contribution is 2.30. The molecule has 0 aliphatic rings. The molecular formula is C25H23N3OS. The number of nitrogens with zero attached hydrogens (tertiary/aromatic N) is 1. The van der Waals surface area contributed by atoms with Crippen LogP contribution in [0.3, 0.4) is 0 Å². The van der Waals surface area contributed by atoms with Gasteiger partial charge in [0.25, 0.3) is 0 Å². The number of methoxy groups -OCH3 is 1. The maximum absolute atomic E-state index is 5.69. The number of hydrogen-bond acceptors (Lipinski definition) is 3. The van der Waals surface area contributed by atoms with E-state index in [2.05, 4.69) is 58.9 Å². The van der Waals surface area contributed by atoms with E-state index in [4.69, 9.17) is 17.0 Å². The van der Waals surface area contributed by atoms with E-state index in [1.54, 1.807) is 13.3 Å². The third-order valence-corrected chi connectivity index (χ3v) is 5.24. The summed E-state index contributed by atoms with van der Waals surface area (Å²) in [6, 6.07) is 26.5. The molecule has 0 amide bonds. The average molecular weight is 414 g/mol. The fourth-order valence-corrected chi connectivity index (χ4v) is 3.70. The fourth-order valence-electron chi connectivity index (χ4n) is 3.47. The molecule has 0 radical (unpaired) electrons. The summed E-state index contributed by atoms with van der Waals surface area (Å²) >= 11 is 5.69. The van der Waals surface area contributed by atoms with Gasteiger partial charge in [-0.2, -0.15) is 0 Å². The van der Waals surface area contributed by atoms with E-state index in [-0.39, 0.29) is 6.04 Å². The molecular weight excluding hydrogens is 390 g/mol. The highest BCUT2D eigenvalue weighted by atomic mass is 32.1. The predicted molar refractivity (Wildman–Crippen MR) is 127 cm³/mol. The Hall–Kier alpha value is -3.44. The first kappa shape index (κ1) is 19.9. The van der Waals surface area contributed by atoms with Crippen LogP contribution in [0.5, 0.6) is 5.75 Å². The smallest absolute Gasteiger partial charge is 0.171 e. The first-order valence-corrected chi connectivity index (χ1v) is 10.2. The van der Waals surface area contributed by atoms with Gasteiger partial charge < -0.3 is 15.4 Å². The predicted octanol–water partition coefficient (Wildman–Crippen LogP) is 5.63. The van der Waals surface area contributed by atoms with Crippen LogP contribution in [0.1, 0.15) is 22.7 Å². The van der Waals surface area contributed by atoms with Crippen LogP contribution in [0.15, 0.2) is 85.1 Å². The van der Waals surface area contributed by atoms with Gasteiger partial charge in [0, 0.05) is 17.3 Å². The number of aromatic nitrogens is 1. The van der Waals surface area contributed by atoms with Crippen molar-refractivity contribution in [2.45, 2.75) is 13.0 Å². The van der Waals surface area contributed by atoms with Crippen molar-refractivity contribution in [2.75, 3.05) is 12.4 Å². The van der Waals surface area contributed by atoms with Crippen LogP contribution in [0, 0.1) is 6.92 Å². The summed E-state index contributed by atoms with van der Waals surface area (Å²) in [6.45, 7) is 2.09. The number of benzene rings is 3. The van der Waals surface area contributed by atoms with Gasteiger partial charge in [0.15, 0.2) is 5.11 Å². The fraction of sp³-hybridized carbons (Fsp3) is 0.120. The maximum atomic E-state index is 5.69. The summed E-state index contributed by atoms with van der Waals surface area (Å²) in [6.07, 6.45) is 1.76. The molecule has 0 unspecified atom stereocenters. The van der Waals surface area contributed by atoms with Gasteiger partial charge in [-0.3, -0.25) is 4.98 Å². The molecule has 4 rings (SSSR count). The molecule has 150 valence electrons. The lowest BCUT2D eigenvalue weighted by atomic mass is 9.98. The Balaban J connectivity index is 1.62. The molecule has 0 aliphatic heterocycles. The molecule has 30 heavy (non-hydrogen) atoms. The van der Waals surface area contributed by atoms with E-state index in [1.807, 2.05) is 42.5 Å². The van der Waals surface area contributed by atoms with E-state index >= 15 is 0 Å². The zero-order chi connectivity index (χ0) is 20.9. The molecule has 1 heterocycles. The maximum Gasteiger partial charge on any atom is 0.171 e. The minimum absolute atomic E-state index is 0.0607. The normalized spacial score (nSPS) is 11.7. The molecule has 5 heteroatoms. The zero-order valence-electron chi connectivity index (χ0n) is 16.9. The lowest BCUT2D eigenvalue weighted by molar-refractivity contribution is 0.419. The van der Waals surface area contributed by atoms with Crippen molar-refractivity contribution >= 4 is 33.9 Å². The molecule has 0 fully saturated rings. The number of nitrogens with one attached hydrogen (secondary N) is 2. The van der Waals surface area contributed by atoms with Crippen LogP contribution in [0.4, 0.5) is 5.69 Å². The number of pyridine rings is 1. The van der Waals surface area contributed by atoms with Crippen molar-refractivity contribution in [3.8, 4) is 5.75 Å². The molecule has 1 atom stereocenters. The van der Waals surface area contributed by atoms with Crippen molar-refractivity contribution in [2.24, 2.45) is 0 Å². The average Bonchev–Trinajstić information content (AvgIpc) is 2.79. The monoisotopic (exact) mass is 413 g/mol. The summed E-state index contributed by atoms with van der Waals surface area (Å²) in [5.74, 6) is 0.733. The van der Waals surface area contributed by atoms with Gasteiger partial charge in [-0.1, -0.05) is 60.2 Å². The van der Waals surface area contributed by atoms with E-state index in [0.717, 1.165) is 33.5 Å².